The number of carbonyl (C=O) groups excluding carboxylic acids is 1. The highest BCUT2D eigenvalue weighted by molar-refractivity contribution is 7.10. The van der Waals surface area contributed by atoms with Crippen LogP contribution in [-0.4, -0.2) is 11.6 Å². The highest BCUT2D eigenvalue weighted by atomic mass is 32.1. The lowest BCUT2D eigenvalue weighted by molar-refractivity contribution is -0.120. The van der Waals surface area contributed by atoms with Crippen molar-refractivity contribution >= 4 is 23.0 Å². The Labute approximate surface area is 123 Å². The minimum Gasteiger partial charge on any atom is -0.273 e. The van der Waals surface area contributed by atoms with Gasteiger partial charge in [0.1, 0.15) is 0 Å². The van der Waals surface area contributed by atoms with Gasteiger partial charge in [0.2, 0.25) is 5.91 Å². The van der Waals surface area contributed by atoms with Gasteiger partial charge in [-0.3, -0.25) is 4.79 Å². The number of nitrogens with one attached hydrogen (secondary N) is 1. The molecule has 0 spiro atoms. The molecule has 4 fully saturated rings. The van der Waals surface area contributed by atoms with Crippen molar-refractivity contribution in [1.82, 2.24) is 5.43 Å². The van der Waals surface area contributed by atoms with Crippen molar-refractivity contribution in [3.05, 3.63) is 22.4 Å². The molecule has 106 valence electrons. The minimum absolute atomic E-state index is 0.0220. The van der Waals surface area contributed by atoms with Gasteiger partial charge in [0.25, 0.3) is 0 Å². The van der Waals surface area contributed by atoms with E-state index < -0.39 is 0 Å². The Hall–Kier alpha value is -1.16. The van der Waals surface area contributed by atoms with Crippen LogP contribution in [0.5, 0.6) is 0 Å². The summed E-state index contributed by atoms with van der Waals surface area (Å²) in [5, 5.41) is 6.53. The van der Waals surface area contributed by atoms with Crippen molar-refractivity contribution in [2.75, 3.05) is 0 Å². The molecule has 3 nitrogen and oxygen atoms in total. The fourth-order valence-electron chi connectivity index (χ4n) is 4.59. The third kappa shape index (κ3) is 2.30. The standard InChI is InChI=1S/C16H20N2OS/c19-15(9-14-2-1-3-20-14)17-18-16-12-5-10-4-11(7-12)8-13(16)6-10/h1-3,10-13H,4-9H2,(H,17,19). The van der Waals surface area contributed by atoms with Crippen LogP contribution in [0.1, 0.15) is 37.0 Å². The normalized spacial score (nSPS) is 34.3. The molecule has 5 rings (SSSR count). The molecule has 0 radical (unpaired) electrons. The molecule has 1 amide bonds. The Balaban J connectivity index is 1.41. The number of amides is 1. The van der Waals surface area contributed by atoms with Crippen molar-refractivity contribution < 1.29 is 4.79 Å². The molecule has 4 aliphatic carbocycles. The molecular formula is C16H20N2OS. The summed E-state index contributed by atoms with van der Waals surface area (Å²) < 4.78 is 0. The Morgan fingerprint density at radius 3 is 2.50 bits per heavy atom. The van der Waals surface area contributed by atoms with Crippen molar-refractivity contribution in [1.29, 1.82) is 0 Å². The van der Waals surface area contributed by atoms with E-state index in [9.17, 15) is 4.79 Å². The van der Waals surface area contributed by atoms with Crippen LogP contribution in [0.2, 0.25) is 0 Å². The maximum Gasteiger partial charge on any atom is 0.245 e. The van der Waals surface area contributed by atoms with Gasteiger partial charge in [0, 0.05) is 10.6 Å². The van der Waals surface area contributed by atoms with E-state index in [0.717, 1.165) is 16.7 Å². The summed E-state index contributed by atoms with van der Waals surface area (Å²) in [6.07, 6.45) is 7.15. The molecule has 0 saturated heterocycles. The van der Waals surface area contributed by atoms with Crippen LogP contribution in [0.15, 0.2) is 22.6 Å². The van der Waals surface area contributed by atoms with Crippen molar-refractivity contribution in [2.45, 2.75) is 38.5 Å². The average Bonchev–Trinajstić information content (AvgIpc) is 2.90. The second kappa shape index (κ2) is 4.99. The predicted octanol–water partition coefficient (Wildman–Crippen LogP) is 3.22. The summed E-state index contributed by atoms with van der Waals surface area (Å²) in [4.78, 5) is 13.0. The van der Waals surface area contributed by atoms with E-state index in [4.69, 9.17) is 0 Å². The first kappa shape index (κ1) is 12.6. The summed E-state index contributed by atoms with van der Waals surface area (Å²) in [5.74, 6) is 3.23. The molecule has 4 bridgehead atoms. The maximum atomic E-state index is 11.9. The summed E-state index contributed by atoms with van der Waals surface area (Å²) in [6, 6.07) is 3.98. The summed E-state index contributed by atoms with van der Waals surface area (Å²) in [7, 11) is 0. The zero-order chi connectivity index (χ0) is 13.5. The number of thiophene rings is 1. The molecule has 4 aliphatic rings. The smallest absolute Gasteiger partial charge is 0.245 e. The van der Waals surface area contributed by atoms with E-state index >= 15 is 0 Å². The van der Waals surface area contributed by atoms with Crippen LogP contribution in [0.3, 0.4) is 0 Å². The molecule has 0 atom stereocenters. The van der Waals surface area contributed by atoms with Crippen molar-refractivity contribution in [3.8, 4) is 0 Å². The molecular weight excluding hydrogens is 268 g/mol. The van der Waals surface area contributed by atoms with Gasteiger partial charge in [-0.2, -0.15) is 5.10 Å². The quantitative estimate of drug-likeness (QED) is 0.853. The fraction of sp³-hybridized carbons (Fsp3) is 0.625. The first-order valence-electron chi connectivity index (χ1n) is 7.66. The van der Waals surface area contributed by atoms with Crippen LogP contribution in [0.4, 0.5) is 0 Å². The third-order valence-corrected chi connectivity index (χ3v) is 6.08. The van der Waals surface area contributed by atoms with Gasteiger partial charge in [-0.05, 0) is 67.2 Å². The van der Waals surface area contributed by atoms with Crippen LogP contribution in [0, 0.1) is 23.7 Å². The Morgan fingerprint density at radius 1 is 1.20 bits per heavy atom. The molecule has 1 N–H and O–H groups in total. The molecule has 4 heteroatoms. The monoisotopic (exact) mass is 288 g/mol. The molecule has 1 aromatic heterocycles. The van der Waals surface area contributed by atoms with Gasteiger partial charge in [0.05, 0.1) is 6.42 Å². The topological polar surface area (TPSA) is 41.5 Å². The lowest BCUT2D eigenvalue weighted by Crippen LogP contribution is -2.46. The number of hydrogen-bond donors (Lipinski definition) is 1. The van der Waals surface area contributed by atoms with Gasteiger partial charge in [-0.15, -0.1) is 11.3 Å². The Kier molecular flexibility index (Phi) is 3.14. The van der Waals surface area contributed by atoms with E-state index in [1.165, 1.54) is 37.8 Å². The lowest BCUT2D eigenvalue weighted by atomic mass is 9.55. The fourth-order valence-corrected chi connectivity index (χ4v) is 5.29. The van der Waals surface area contributed by atoms with E-state index in [2.05, 4.69) is 10.5 Å². The van der Waals surface area contributed by atoms with Crippen molar-refractivity contribution in [3.63, 3.8) is 0 Å². The number of carbonyl (C=O) groups is 1. The van der Waals surface area contributed by atoms with Gasteiger partial charge >= 0.3 is 0 Å². The molecule has 0 aromatic carbocycles. The second-order valence-corrected chi connectivity index (χ2v) is 7.66. The molecule has 0 aliphatic heterocycles. The minimum atomic E-state index is 0.0220. The van der Waals surface area contributed by atoms with Gasteiger partial charge in [-0.1, -0.05) is 6.07 Å². The number of hydrogen-bond acceptors (Lipinski definition) is 3. The Morgan fingerprint density at radius 2 is 1.90 bits per heavy atom. The first-order valence-corrected chi connectivity index (χ1v) is 8.54. The SMILES string of the molecule is O=C(Cc1cccs1)NN=C1C2CC3CC(C2)CC1C3. The maximum absolute atomic E-state index is 11.9. The largest absolute Gasteiger partial charge is 0.273 e. The molecule has 1 heterocycles. The van der Waals surface area contributed by atoms with Gasteiger partial charge < -0.3 is 0 Å². The van der Waals surface area contributed by atoms with Crippen LogP contribution < -0.4 is 5.43 Å². The summed E-state index contributed by atoms with van der Waals surface area (Å²) in [5.41, 5.74) is 4.11. The first-order chi connectivity index (χ1) is 9.78. The molecule has 0 unspecified atom stereocenters. The predicted molar refractivity (Wildman–Crippen MR) is 80.6 cm³/mol. The van der Waals surface area contributed by atoms with E-state index in [0.29, 0.717) is 18.3 Å². The number of rotatable bonds is 3. The lowest BCUT2D eigenvalue weighted by Gasteiger charge is -2.50. The van der Waals surface area contributed by atoms with E-state index in [-0.39, 0.29) is 5.91 Å². The zero-order valence-corrected chi connectivity index (χ0v) is 12.4. The van der Waals surface area contributed by atoms with Crippen molar-refractivity contribution in [2.24, 2.45) is 28.8 Å². The van der Waals surface area contributed by atoms with Crippen LogP contribution in [0.25, 0.3) is 0 Å². The molecule has 1 aromatic rings. The highest BCUT2D eigenvalue weighted by Gasteiger charge is 2.46. The second-order valence-electron chi connectivity index (χ2n) is 6.63. The van der Waals surface area contributed by atoms with Gasteiger partial charge in [-0.25, -0.2) is 5.43 Å². The highest BCUT2D eigenvalue weighted by Crippen LogP contribution is 2.52. The summed E-state index contributed by atoms with van der Waals surface area (Å²) >= 11 is 1.63. The van der Waals surface area contributed by atoms with E-state index in [1.807, 2.05) is 17.5 Å². The number of nitrogens with zero attached hydrogens (tertiary/aromatic N) is 1. The molecule has 20 heavy (non-hydrogen) atoms. The number of hydrazone groups is 1. The average molecular weight is 288 g/mol. The Bertz CT molecular complexity index is 505. The van der Waals surface area contributed by atoms with Crippen LogP contribution in [-0.2, 0) is 11.2 Å². The zero-order valence-electron chi connectivity index (χ0n) is 11.5. The van der Waals surface area contributed by atoms with E-state index in [1.54, 1.807) is 11.3 Å². The van der Waals surface area contributed by atoms with Crippen LogP contribution >= 0.6 is 11.3 Å². The third-order valence-electron chi connectivity index (χ3n) is 5.20. The van der Waals surface area contributed by atoms with Gasteiger partial charge in [0.15, 0.2) is 0 Å². The summed E-state index contributed by atoms with van der Waals surface area (Å²) in [6.45, 7) is 0. The molecule has 4 saturated carbocycles.